The topological polar surface area (TPSA) is 519 Å². The van der Waals surface area contributed by atoms with Crippen LogP contribution < -0.4 is 64.6 Å². The minimum absolute atomic E-state index is 0.0480. The molecule has 0 saturated carbocycles. The Hall–Kier alpha value is -13.2. The van der Waals surface area contributed by atoms with Gasteiger partial charge in [0.2, 0.25) is 82.7 Å². The Balaban J connectivity index is 1.10. The summed E-state index contributed by atoms with van der Waals surface area (Å²) in [7, 11) is 3.91. The number of nitrogens with one attached hydrogen (secondary N) is 12. The second-order valence-corrected chi connectivity index (χ2v) is 35.7. The molecule has 4 heterocycles. The number of fused-ring (bicyclic) bond motifs is 3. The fraction of sp³-hybridized carbons (Fsp3) is 0.419. The highest BCUT2D eigenvalue weighted by molar-refractivity contribution is 7.98. The molecule has 5 aromatic carbocycles. The lowest BCUT2D eigenvalue weighted by Crippen LogP contribution is -2.62. The van der Waals surface area contributed by atoms with E-state index < -0.39 is 173 Å². The van der Waals surface area contributed by atoms with Crippen molar-refractivity contribution in [1.29, 1.82) is 0 Å². The van der Waals surface area contributed by atoms with E-state index in [1.807, 2.05) is 18.2 Å². The first-order valence-electron chi connectivity index (χ1n) is 43.2. The third-order valence-electron chi connectivity index (χ3n) is 22.3. The molecule has 18 N–H and O–H groups in total. The maximum atomic E-state index is 15.7. The van der Waals surface area contributed by atoms with Crippen molar-refractivity contribution >= 4 is 117 Å². The van der Waals surface area contributed by atoms with E-state index in [1.54, 1.807) is 88.6 Å². The van der Waals surface area contributed by atoms with Gasteiger partial charge in [0, 0.05) is 106 Å². The first kappa shape index (κ1) is 102. The molecular formula is C93H118FN19O16S2. The number of thioether (sulfide) groups is 2. The monoisotopic (exact) mass is 1840 g/mol. The number of benzene rings is 5. The summed E-state index contributed by atoms with van der Waals surface area (Å²) in [4.78, 5) is 225. The van der Waals surface area contributed by atoms with Gasteiger partial charge in [-0.15, -0.1) is 0 Å². The van der Waals surface area contributed by atoms with Gasteiger partial charge in [0.25, 0.3) is 0 Å². The fourth-order valence-electron chi connectivity index (χ4n) is 14.8. The molecule has 1 aliphatic rings. The Morgan fingerprint density at radius 1 is 0.603 bits per heavy atom. The van der Waals surface area contributed by atoms with Crippen LogP contribution in [0.1, 0.15) is 131 Å². The first-order valence-corrected chi connectivity index (χ1v) is 45.5. The maximum absolute atomic E-state index is 15.7. The van der Waals surface area contributed by atoms with Crippen molar-refractivity contribution in [2.75, 3.05) is 45.7 Å². The second-order valence-electron chi connectivity index (χ2n) is 33.6. The average Bonchev–Trinajstić information content (AvgIpc) is 1.51. The van der Waals surface area contributed by atoms with Crippen molar-refractivity contribution in [2.45, 2.75) is 196 Å². The van der Waals surface area contributed by atoms with E-state index in [1.165, 1.54) is 132 Å². The summed E-state index contributed by atoms with van der Waals surface area (Å²) in [5.41, 5.74) is 15.1. The van der Waals surface area contributed by atoms with Crippen LogP contribution in [0.4, 0.5) is 4.39 Å². The van der Waals surface area contributed by atoms with Gasteiger partial charge in [0.1, 0.15) is 95.5 Å². The molecule has 8 aromatic rings. The lowest BCUT2D eigenvalue weighted by atomic mass is 9.85. The molecule has 9 rings (SSSR count). The number of aromatic hydroxyl groups is 2. The molecule has 0 spiro atoms. The molecule has 3 aromatic heterocycles. The summed E-state index contributed by atoms with van der Waals surface area (Å²) >= 11 is 2.48. The third kappa shape index (κ3) is 30.4. The minimum atomic E-state index is -1.65. The van der Waals surface area contributed by atoms with Gasteiger partial charge in [-0.1, -0.05) is 125 Å². The van der Waals surface area contributed by atoms with Crippen LogP contribution in [0.5, 0.6) is 11.5 Å². The number of pyridine rings is 1. The second kappa shape index (κ2) is 49.0. The lowest BCUT2D eigenvalue weighted by Gasteiger charge is -2.34. The number of rotatable bonds is 22. The van der Waals surface area contributed by atoms with Gasteiger partial charge in [-0.25, -0.2) is 14.4 Å². The van der Waals surface area contributed by atoms with E-state index in [2.05, 4.69) is 73.1 Å². The molecule has 700 valence electrons. The van der Waals surface area contributed by atoms with Crippen molar-refractivity contribution in [2.24, 2.45) is 16.9 Å². The molecule has 0 fully saturated rings. The summed E-state index contributed by atoms with van der Waals surface area (Å²) in [5.74, 6) is -12.2. The van der Waals surface area contributed by atoms with E-state index in [0.717, 1.165) is 38.0 Å². The number of likely N-dealkylation sites (N-methyl/N-ethyl adjacent to an activating group) is 3. The summed E-state index contributed by atoms with van der Waals surface area (Å²) in [5, 5.41) is 49.2. The SMILES string of the molecule is CCC[C@H](NC(C)=O)C(=O)N[C@H]1CSCc2cccc(c2)CSC[C@@H](C(N)=O)NC(=O)CN(C)C(=O)[C@H](Cc2ccc(F)cc2)N(C)C(=O)[C@H](Cc2ccc(O)cc2)NC(=O)[C@H](Cc2c[nH]c3ncccc23)NC(=O)[C@H](c2ccccc2)NC(=O)[C@H](C)N(C)C(=O)[C@H](CCc2cnc[nH]2)NC(=O)[C@H](CCCCN)NC(=O)[C@H](C(C)(C)C)NC(=O)[C@H](Cc2ccc(O)cc2)NC1=O. The van der Waals surface area contributed by atoms with Crippen molar-refractivity contribution in [3.8, 4) is 11.5 Å². The van der Waals surface area contributed by atoms with Gasteiger partial charge in [-0.05, 0) is 145 Å². The third-order valence-corrected chi connectivity index (χ3v) is 24.5. The highest BCUT2D eigenvalue weighted by Crippen LogP contribution is 2.27. The molecule has 35 nitrogen and oxygen atoms in total. The summed E-state index contributed by atoms with van der Waals surface area (Å²) in [6, 6.07) is 17.8. The molecule has 0 radical (unpaired) electrons. The van der Waals surface area contributed by atoms with E-state index >= 15 is 47.9 Å². The molecule has 38 heteroatoms. The van der Waals surface area contributed by atoms with E-state index in [4.69, 9.17) is 11.5 Å². The molecule has 0 saturated heterocycles. The number of phenolic OH excluding ortho intramolecular Hbond substituents is 2. The van der Waals surface area contributed by atoms with Crippen LogP contribution in [0.15, 0.2) is 164 Å². The van der Waals surface area contributed by atoms with Crippen LogP contribution >= 0.6 is 23.5 Å². The number of H-pyrrole nitrogens is 2. The lowest BCUT2D eigenvalue weighted by molar-refractivity contribution is -0.146. The number of primary amides is 1. The normalized spacial score (nSPS) is 21.8. The average molecular weight is 1840 g/mol. The molecule has 131 heavy (non-hydrogen) atoms. The number of hydrogen-bond donors (Lipinski definition) is 16. The molecular weight excluding hydrogens is 1720 g/mol. The molecule has 14 amide bonds. The fourth-order valence-corrected chi connectivity index (χ4v) is 16.9. The molecule has 2 bridgehead atoms. The number of halogens is 1. The van der Waals surface area contributed by atoms with E-state index in [0.29, 0.717) is 51.8 Å². The largest absolute Gasteiger partial charge is 0.508 e. The number of aryl methyl sites for hydroxylation is 1. The number of phenols is 2. The number of nitrogens with zero attached hydrogens (tertiary/aromatic N) is 5. The molecule has 0 unspecified atom stereocenters. The summed E-state index contributed by atoms with van der Waals surface area (Å²) in [6.07, 6.45) is 6.18. The van der Waals surface area contributed by atoms with Crippen molar-refractivity contribution in [1.82, 2.24) is 87.8 Å². The number of unbranched alkanes of at least 4 members (excludes halogenated alkanes) is 1. The predicted molar refractivity (Wildman–Crippen MR) is 492 cm³/mol. The van der Waals surface area contributed by atoms with Crippen LogP contribution in [-0.4, -0.2) is 240 Å². The van der Waals surface area contributed by atoms with Gasteiger partial charge in [0.15, 0.2) is 0 Å². The number of hydrogen-bond acceptors (Lipinski definition) is 21. The number of carbonyl (C=O) groups is 14. The first-order chi connectivity index (χ1) is 62.5. The Kier molecular flexibility index (Phi) is 37.9. The Labute approximate surface area is 767 Å². The number of carbonyl (C=O) groups excluding carboxylic acids is 14. The number of nitrogens with two attached hydrogens (primary N) is 2. The van der Waals surface area contributed by atoms with Gasteiger partial charge in [0.05, 0.1) is 12.9 Å². The smallest absolute Gasteiger partial charge is 0.247 e. The van der Waals surface area contributed by atoms with Gasteiger partial charge in [-0.3, -0.25) is 67.1 Å². The highest BCUT2D eigenvalue weighted by Gasteiger charge is 2.42. The highest BCUT2D eigenvalue weighted by atomic mass is 32.2. The van der Waals surface area contributed by atoms with E-state index in [-0.39, 0.29) is 104 Å². The van der Waals surface area contributed by atoms with Crippen molar-refractivity contribution < 1.29 is 81.7 Å². The Morgan fingerprint density at radius 2 is 1.18 bits per heavy atom. The van der Waals surface area contributed by atoms with Crippen LogP contribution in [-0.2, 0) is 111 Å². The Morgan fingerprint density at radius 3 is 1.80 bits per heavy atom. The predicted octanol–water partition coefficient (Wildman–Crippen LogP) is 3.75. The molecule has 0 aliphatic carbocycles. The number of amides is 14. The zero-order valence-corrected chi connectivity index (χ0v) is 76.4. The number of aromatic nitrogens is 4. The zero-order valence-electron chi connectivity index (χ0n) is 74.7. The summed E-state index contributed by atoms with van der Waals surface area (Å²) in [6.45, 7) is 8.91. The van der Waals surface area contributed by atoms with Crippen LogP contribution in [0.3, 0.4) is 0 Å². The van der Waals surface area contributed by atoms with Crippen LogP contribution in [0.2, 0.25) is 0 Å². The van der Waals surface area contributed by atoms with Crippen molar-refractivity contribution in [3.63, 3.8) is 0 Å². The maximum Gasteiger partial charge on any atom is 0.247 e. The van der Waals surface area contributed by atoms with E-state index in [9.17, 15) is 33.8 Å². The standard InChI is InChI=1S/C93H118FN19O16S2/c1-10-18-68(101-55(3)114)83(120)108-75-52-131-50-60-20-16-19-59(41-60)49-130-51-74(80(96)118)102-77(117)48-111(7)92(129)76(44-58-25-31-63(94)32-26-58)113(9)91(128)73(43-57-29-36-66(116)37-30-57)107-85(122)72(45-62-46-99-81-67(62)23-17-40-98-81)106-88(125)78(61-21-12-11-13-22-61)109-82(119)54(2)112(8)90(127)70(38-33-64-47-97-53-100-64)104-84(121)69(24-14-15-39-95)103-89(126)79(93(4,5)6)110-86(123)71(105-87(75)124)42-56-27-34-65(115)35-28-56/h11-13,16-17,19-23,25-32,34-37,40-41,46-47,53-54,68-76,78-79,115-116H,10,14-15,18,24,33,38-39,42-45,48-52,95H2,1-9H3,(H2,96,118)(H,97,100)(H,98,99)(H,101,114)(H,102,117)(H,103,126)(H,104,121)(H,105,124)(H,106,125)(H,107,122)(H,108,120)(H,109,119)(H,110,123)/t54-,68-,69-,70-,71-,72-,73-,74-,75-,76-,78-,79+/m0/s1. The Bertz CT molecular complexity index is 5260. The van der Waals surface area contributed by atoms with Gasteiger partial charge >= 0.3 is 0 Å². The number of aromatic amines is 2. The molecule has 12 atom stereocenters. The quantitative estimate of drug-likeness (QED) is 0.0430. The zero-order chi connectivity index (χ0) is 95.2. The van der Waals surface area contributed by atoms with Crippen LogP contribution in [0.25, 0.3) is 11.0 Å². The van der Waals surface area contributed by atoms with Gasteiger partial charge in [-0.2, -0.15) is 23.5 Å². The van der Waals surface area contributed by atoms with Crippen molar-refractivity contribution in [3.05, 3.63) is 215 Å². The molecule has 1 aliphatic heterocycles. The van der Waals surface area contributed by atoms with Crippen LogP contribution in [0, 0.1) is 11.2 Å². The van der Waals surface area contributed by atoms with Gasteiger partial charge < -0.3 is 99.5 Å². The summed E-state index contributed by atoms with van der Waals surface area (Å²) < 4.78 is 14.6. The minimum Gasteiger partial charge on any atom is -0.508 e. The number of imidazole rings is 1.